The van der Waals surface area contributed by atoms with Crippen molar-refractivity contribution in [1.29, 1.82) is 0 Å². The predicted molar refractivity (Wildman–Crippen MR) is 92.5 cm³/mol. The molecule has 0 bridgehead atoms. The summed E-state index contributed by atoms with van der Waals surface area (Å²) in [6.07, 6.45) is 1.69. The van der Waals surface area contributed by atoms with Crippen molar-refractivity contribution in [2.45, 2.75) is 47.0 Å². The molecule has 0 fully saturated rings. The molecular weight excluding hydrogens is 320 g/mol. The Labute approximate surface area is 143 Å². The minimum absolute atomic E-state index is 0. The van der Waals surface area contributed by atoms with E-state index in [1.807, 2.05) is 13.8 Å². The summed E-state index contributed by atoms with van der Waals surface area (Å²) in [5.41, 5.74) is 11.1. The first-order valence-corrected chi connectivity index (χ1v) is 7.24. The molecule has 24 heavy (non-hydrogen) atoms. The molecule has 0 aliphatic carbocycles. The lowest BCUT2D eigenvalue weighted by molar-refractivity contribution is -0.142. The third-order valence-electron chi connectivity index (χ3n) is 3.12. The van der Waals surface area contributed by atoms with Crippen molar-refractivity contribution in [3.63, 3.8) is 0 Å². The van der Waals surface area contributed by atoms with Crippen LogP contribution in [0.25, 0.3) is 0 Å². The first-order chi connectivity index (χ1) is 10.2. The molecular formula is C14H36N4O6. The Kier molecular flexibility index (Phi) is 29.9. The minimum atomic E-state index is -0.880. The van der Waals surface area contributed by atoms with Gasteiger partial charge in [0.05, 0.1) is 5.92 Å². The number of carboxylic acids is 1. The SMILES string of the molecule is CCC(C)C(=O)NO.CCC(CC(C)C(=O)O)C(N)=O.CN.N.O. The zero-order chi connectivity index (χ0) is 18.3. The quantitative estimate of drug-likeness (QED) is 0.271. The highest BCUT2D eigenvalue weighted by atomic mass is 16.5. The number of nitrogens with two attached hydrogens (primary N) is 2. The fourth-order valence-electron chi connectivity index (χ4n) is 1.31. The third kappa shape index (κ3) is 18.3. The largest absolute Gasteiger partial charge is 0.481 e. The molecule has 0 aromatic carbocycles. The molecule has 2 amide bonds. The minimum Gasteiger partial charge on any atom is -0.481 e. The van der Waals surface area contributed by atoms with E-state index in [2.05, 4.69) is 5.73 Å². The summed E-state index contributed by atoms with van der Waals surface area (Å²) in [4.78, 5) is 31.5. The van der Waals surface area contributed by atoms with E-state index in [0.717, 1.165) is 6.42 Å². The van der Waals surface area contributed by atoms with Crippen molar-refractivity contribution in [2.24, 2.45) is 29.2 Å². The van der Waals surface area contributed by atoms with Crippen LogP contribution in [0.15, 0.2) is 0 Å². The predicted octanol–water partition coefficient (Wildman–Crippen LogP) is 0.0588. The maximum Gasteiger partial charge on any atom is 0.306 e. The second kappa shape index (κ2) is 21.2. The van der Waals surface area contributed by atoms with Crippen molar-refractivity contribution < 1.29 is 30.2 Å². The maximum absolute atomic E-state index is 10.7. The molecule has 0 aromatic rings. The number of rotatable bonds is 7. The number of carbonyl (C=O) groups is 3. The molecule has 0 aliphatic heterocycles. The molecule has 0 saturated heterocycles. The van der Waals surface area contributed by atoms with Crippen LogP contribution in [0.4, 0.5) is 0 Å². The number of carboxylic acid groups (broad SMARTS) is 1. The Morgan fingerprint density at radius 3 is 1.62 bits per heavy atom. The molecule has 148 valence electrons. The van der Waals surface area contributed by atoms with Crippen molar-refractivity contribution in [3.05, 3.63) is 0 Å². The van der Waals surface area contributed by atoms with E-state index in [0.29, 0.717) is 12.8 Å². The average Bonchev–Trinajstić information content (AvgIpc) is 2.52. The normalized spacial score (nSPS) is 12.1. The van der Waals surface area contributed by atoms with E-state index in [9.17, 15) is 14.4 Å². The second-order valence-corrected chi connectivity index (χ2v) is 4.77. The number of hydrogen-bond donors (Lipinski definition) is 6. The van der Waals surface area contributed by atoms with Crippen LogP contribution in [0, 0.1) is 17.8 Å². The summed E-state index contributed by atoms with van der Waals surface area (Å²) in [6, 6.07) is 0. The van der Waals surface area contributed by atoms with Crippen molar-refractivity contribution in [3.8, 4) is 0 Å². The van der Waals surface area contributed by atoms with Crippen LogP contribution < -0.4 is 23.1 Å². The number of hydroxylamine groups is 1. The number of aliphatic carboxylic acids is 1. The zero-order valence-corrected chi connectivity index (χ0v) is 15.3. The van der Waals surface area contributed by atoms with Crippen LogP contribution in [0.5, 0.6) is 0 Å². The molecule has 0 aromatic heterocycles. The molecule has 0 saturated carbocycles. The van der Waals surface area contributed by atoms with E-state index in [1.54, 1.807) is 19.3 Å². The molecule has 0 aliphatic rings. The molecule has 12 N–H and O–H groups in total. The topological polar surface area (TPSA) is 222 Å². The van der Waals surface area contributed by atoms with Crippen molar-refractivity contribution >= 4 is 17.8 Å². The summed E-state index contributed by atoms with van der Waals surface area (Å²) in [5, 5.41) is 16.6. The van der Waals surface area contributed by atoms with Crippen LogP contribution >= 0.6 is 0 Å². The Bertz CT molecular complexity index is 328. The van der Waals surface area contributed by atoms with E-state index >= 15 is 0 Å². The maximum atomic E-state index is 10.7. The summed E-state index contributed by atoms with van der Waals surface area (Å²) >= 11 is 0. The van der Waals surface area contributed by atoms with Gasteiger partial charge in [0, 0.05) is 11.8 Å². The summed E-state index contributed by atoms with van der Waals surface area (Å²) in [7, 11) is 1.50. The second-order valence-electron chi connectivity index (χ2n) is 4.77. The molecule has 3 unspecified atom stereocenters. The molecule has 3 atom stereocenters. The first kappa shape index (κ1) is 33.8. The van der Waals surface area contributed by atoms with Crippen LogP contribution in [0.3, 0.4) is 0 Å². The molecule has 10 nitrogen and oxygen atoms in total. The van der Waals surface area contributed by atoms with Gasteiger partial charge in [-0.1, -0.05) is 27.7 Å². The number of nitrogens with one attached hydrogen (secondary N) is 1. The highest BCUT2D eigenvalue weighted by Crippen LogP contribution is 2.14. The Balaban J connectivity index is -0.0000000886. The highest BCUT2D eigenvalue weighted by molar-refractivity contribution is 5.78. The standard InChI is InChI=1S/C8H15NO3.C5H11NO2.CH5N.H3N.H2O/c1-3-6(7(9)10)4-5(2)8(11)12;1-3-4(2)5(7)6-8;1-2;;/h5-6H,3-4H2,1-2H3,(H2,9,10)(H,11,12);4,8H,3H2,1-2H3,(H,6,7);2H2,1H3;1H3;1H2. The number of carbonyl (C=O) groups excluding carboxylic acids is 2. The summed E-state index contributed by atoms with van der Waals surface area (Å²) < 4.78 is 0. The van der Waals surface area contributed by atoms with E-state index < -0.39 is 17.8 Å². The number of hydrogen-bond acceptors (Lipinski definition) is 6. The van der Waals surface area contributed by atoms with Gasteiger partial charge >= 0.3 is 5.97 Å². The van der Waals surface area contributed by atoms with Gasteiger partial charge in [0.15, 0.2) is 0 Å². The molecule has 0 heterocycles. The fourth-order valence-corrected chi connectivity index (χ4v) is 1.31. The van der Waals surface area contributed by atoms with E-state index in [-0.39, 0.29) is 29.4 Å². The Morgan fingerprint density at radius 2 is 1.46 bits per heavy atom. The van der Waals surface area contributed by atoms with Crippen LogP contribution in [-0.4, -0.2) is 40.6 Å². The summed E-state index contributed by atoms with van der Waals surface area (Å²) in [5.74, 6) is -2.49. The molecule has 0 radical (unpaired) electrons. The molecule has 10 heteroatoms. The van der Waals surface area contributed by atoms with Gasteiger partial charge in [-0.25, -0.2) is 5.48 Å². The van der Waals surface area contributed by atoms with E-state index in [4.69, 9.17) is 16.0 Å². The zero-order valence-electron chi connectivity index (χ0n) is 15.3. The van der Waals surface area contributed by atoms with Gasteiger partial charge in [-0.2, -0.15) is 0 Å². The lowest BCUT2D eigenvalue weighted by Gasteiger charge is -2.12. The monoisotopic (exact) mass is 356 g/mol. The van der Waals surface area contributed by atoms with Gasteiger partial charge < -0.3 is 28.2 Å². The lowest BCUT2D eigenvalue weighted by atomic mass is 9.93. The van der Waals surface area contributed by atoms with Gasteiger partial charge in [0.25, 0.3) is 0 Å². The summed E-state index contributed by atoms with van der Waals surface area (Å²) in [6.45, 7) is 7.05. The highest BCUT2D eigenvalue weighted by Gasteiger charge is 2.20. The Morgan fingerprint density at radius 1 is 1.04 bits per heavy atom. The van der Waals surface area contributed by atoms with Gasteiger partial charge in [-0.05, 0) is 26.3 Å². The van der Waals surface area contributed by atoms with Gasteiger partial charge in [0.1, 0.15) is 0 Å². The third-order valence-corrected chi connectivity index (χ3v) is 3.12. The molecule has 0 spiro atoms. The lowest BCUT2D eigenvalue weighted by Crippen LogP contribution is -2.26. The van der Waals surface area contributed by atoms with Crippen molar-refractivity contribution in [1.82, 2.24) is 11.6 Å². The van der Waals surface area contributed by atoms with Gasteiger partial charge in [0.2, 0.25) is 11.8 Å². The smallest absolute Gasteiger partial charge is 0.306 e. The van der Waals surface area contributed by atoms with Crippen molar-refractivity contribution in [2.75, 3.05) is 7.05 Å². The Hall–Kier alpha value is -1.75. The van der Waals surface area contributed by atoms with Gasteiger partial charge in [-0.15, -0.1) is 0 Å². The first-order valence-electron chi connectivity index (χ1n) is 7.24. The number of primary amides is 1. The van der Waals surface area contributed by atoms with E-state index in [1.165, 1.54) is 7.05 Å². The van der Waals surface area contributed by atoms with Crippen LogP contribution in [0.1, 0.15) is 47.0 Å². The average molecular weight is 356 g/mol. The van der Waals surface area contributed by atoms with Crippen LogP contribution in [-0.2, 0) is 14.4 Å². The molecule has 0 rings (SSSR count). The fraction of sp³-hybridized carbons (Fsp3) is 0.786. The van der Waals surface area contributed by atoms with Gasteiger partial charge in [-0.3, -0.25) is 19.6 Å². The van der Waals surface area contributed by atoms with Crippen LogP contribution in [0.2, 0.25) is 0 Å². The number of amides is 2.